The fourth-order valence-electron chi connectivity index (χ4n) is 2.51. The van der Waals surface area contributed by atoms with E-state index in [2.05, 4.69) is 15.8 Å². The number of carbonyl (C=O) groups excluding carboxylic acids is 2. The summed E-state index contributed by atoms with van der Waals surface area (Å²) < 4.78 is 5.70. The zero-order chi connectivity index (χ0) is 23.1. The van der Waals surface area contributed by atoms with Crippen LogP contribution in [0.5, 0.6) is 5.75 Å². The van der Waals surface area contributed by atoms with Crippen LogP contribution in [-0.2, 0) is 16.2 Å². The molecule has 0 bridgehead atoms. The van der Waals surface area contributed by atoms with Crippen molar-refractivity contribution < 1.29 is 14.3 Å². The minimum absolute atomic E-state index is 0.217. The van der Waals surface area contributed by atoms with Crippen LogP contribution < -0.4 is 15.5 Å². The normalized spacial score (nSPS) is 10.8. The Bertz CT molecular complexity index is 1130. The number of amides is 2. The molecule has 6 nitrogen and oxygen atoms in total. The Balaban J connectivity index is 1.51. The van der Waals surface area contributed by atoms with Gasteiger partial charge in [-0.25, -0.2) is 5.43 Å². The molecule has 0 unspecified atom stereocenters. The number of benzene rings is 3. The van der Waals surface area contributed by atoms with E-state index in [4.69, 9.17) is 51.1 Å². The minimum Gasteiger partial charge on any atom is -0.489 e. The zero-order valence-corrected chi connectivity index (χ0v) is 19.3. The molecule has 0 heterocycles. The number of rotatable bonds is 6. The van der Waals surface area contributed by atoms with Crippen molar-refractivity contribution in [2.75, 3.05) is 5.32 Å². The molecule has 0 spiro atoms. The number of hydrazone groups is 1. The van der Waals surface area contributed by atoms with E-state index >= 15 is 0 Å². The molecule has 2 amide bonds. The number of carbonyl (C=O) groups is 2. The highest BCUT2D eigenvalue weighted by Gasteiger charge is 2.13. The SMILES string of the molecule is O=C(N/N=C/c1ccc(OCc2c(Cl)cccc2Cl)cc1)C(=O)Nc1cc(Cl)cc(Cl)c1. The van der Waals surface area contributed by atoms with Gasteiger partial charge in [-0.15, -0.1) is 0 Å². The maximum absolute atomic E-state index is 11.9. The van der Waals surface area contributed by atoms with Gasteiger partial charge in [-0.2, -0.15) is 5.10 Å². The molecule has 0 aromatic heterocycles. The smallest absolute Gasteiger partial charge is 0.329 e. The van der Waals surface area contributed by atoms with E-state index in [-0.39, 0.29) is 6.61 Å². The van der Waals surface area contributed by atoms with Crippen LogP contribution >= 0.6 is 46.4 Å². The summed E-state index contributed by atoms with van der Waals surface area (Å²) in [6.07, 6.45) is 1.39. The number of ether oxygens (including phenoxy) is 1. The van der Waals surface area contributed by atoms with Crippen LogP contribution in [0.4, 0.5) is 5.69 Å². The minimum atomic E-state index is -0.950. The molecule has 0 atom stereocenters. The first-order valence-corrected chi connectivity index (χ1v) is 10.6. The molecule has 0 saturated heterocycles. The lowest BCUT2D eigenvalue weighted by Gasteiger charge is -2.09. The average molecular weight is 511 g/mol. The van der Waals surface area contributed by atoms with Gasteiger partial charge in [0.1, 0.15) is 12.4 Å². The van der Waals surface area contributed by atoms with Gasteiger partial charge in [0, 0.05) is 31.3 Å². The standard InChI is InChI=1S/C22H15Cl4N3O3/c23-14-8-15(24)10-16(9-14)28-21(30)22(31)29-27-11-13-4-6-17(7-5-13)32-12-18-19(25)2-1-3-20(18)26/h1-11H,12H2,(H,28,30)(H,29,31)/b27-11+. The van der Waals surface area contributed by atoms with E-state index in [0.717, 1.165) is 0 Å². The summed E-state index contributed by atoms with van der Waals surface area (Å²) in [5.74, 6) is -1.27. The molecule has 0 aliphatic rings. The lowest BCUT2D eigenvalue weighted by molar-refractivity contribution is -0.136. The third-order valence-electron chi connectivity index (χ3n) is 4.03. The fraction of sp³-hybridized carbons (Fsp3) is 0.0455. The van der Waals surface area contributed by atoms with Crippen molar-refractivity contribution in [1.29, 1.82) is 0 Å². The largest absolute Gasteiger partial charge is 0.489 e. The number of hydrogen-bond donors (Lipinski definition) is 2. The predicted octanol–water partition coefficient (Wildman–Crippen LogP) is 5.97. The molecule has 10 heteroatoms. The third kappa shape index (κ3) is 6.87. The maximum atomic E-state index is 11.9. The van der Waals surface area contributed by atoms with E-state index in [1.807, 2.05) is 0 Å². The van der Waals surface area contributed by atoms with Gasteiger partial charge in [-0.1, -0.05) is 52.5 Å². The Morgan fingerprint density at radius 1 is 0.875 bits per heavy atom. The third-order valence-corrected chi connectivity index (χ3v) is 5.18. The topological polar surface area (TPSA) is 79.8 Å². The first-order valence-electron chi connectivity index (χ1n) is 9.08. The Labute approximate surface area is 204 Å². The molecule has 32 heavy (non-hydrogen) atoms. The maximum Gasteiger partial charge on any atom is 0.329 e. The second-order valence-electron chi connectivity index (χ2n) is 6.37. The summed E-state index contributed by atoms with van der Waals surface area (Å²) in [6, 6.07) is 16.6. The molecule has 0 aliphatic carbocycles. The van der Waals surface area contributed by atoms with Crippen molar-refractivity contribution in [2.45, 2.75) is 6.61 Å². The molecule has 3 aromatic rings. The van der Waals surface area contributed by atoms with Gasteiger partial charge in [-0.3, -0.25) is 9.59 Å². The van der Waals surface area contributed by atoms with Crippen molar-refractivity contribution in [3.8, 4) is 5.75 Å². The highest BCUT2D eigenvalue weighted by atomic mass is 35.5. The quantitative estimate of drug-likeness (QED) is 0.243. The van der Waals surface area contributed by atoms with Crippen molar-refractivity contribution >= 4 is 70.1 Å². The first-order chi connectivity index (χ1) is 15.3. The van der Waals surface area contributed by atoms with Gasteiger partial charge in [-0.05, 0) is 60.2 Å². The van der Waals surface area contributed by atoms with Gasteiger partial charge in [0.2, 0.25) is 0 Å². The number of halogens is 4. The van der Waals surface area contributed by atoms with Crippen LogP contribution in [0, 0.1) is 0 Å². The lowest BCUT2D eigenvalue weighted by Crippen LogP contribution is -2.32. The Kier molecular flexibility index (Phi) is 8.36. The van der Waals surface area contributed by atoms with Crippen LogP contribution in [-0.4, -0.2) is 18.0 Å². The summed E-state index contributed by atoms with van der Waals surface area (Å²) in [4.78, 5) is 23.8. The van der Waals surface area contributed by atoms with Crippen LogP contribution in [0.3, 0.4) is 0 Å². The Morgan fingerprint density at radius 2 is 1.50 bits per heavy atom. The molecule has 2 N–H and O–H groups in total. The zero-order valence-electron chi connectivity index (χ0n) is 16.2. The second kappa shape index (κ2) is 11.2. The van der Waals surface area contributed by atoms with Crippen molar-refractivity contribution in [2.24, 2.45) is 5.10 Å². The van der Waals surface area contributed by atoms with Crippen LogP contribution in [0.1, 0.15) is 11.1 Å². The highest BCUT2D eigenvalue weighted by Crippen LogP contribution is 2.26. The fourth-order valence-corrected chi connectivity index (χ4v) is 3.54. The van der Waals surface area contributed by atoms with E-state index in [9.17, 15) is 9.59 Å². The second-order valence-corrected chi connectivity index (χ2v) is 8.06. The predicted molar refractivity (Wildman–Crippen MR) is 128 cm³/mol. The number of hydrogen-bond acceptors (Lipinski definition) is 4. The first kappa shape index (κ1) is 23.9. The number of anilines is 1. The van der Waals surface area contributed by atoms with Crippen LogP contribution in [0.25, 0.3) is 0 Å². The van der Waals surface area contributed by atoms with E-state index in [1.165, 1.54) is 24.4 Å². The van der Waals surface area contributed by atoms with Crippen molar-refractivity contribution in [1.82, 2.24) is 5.43 Å². The average Bonchev–Trinajstić information content (AvgIpc) is 2.73. The molecule has 3 rings (SSSR count). The molecular formula is C22H15Cl4N3O3. The molecule has 3 aromatic carbocycles. The van der Waals surface area contributed by atoms with Gasteiger partial charge in [0.25, 0.3) is 0 Å². The molecule has 0 saturated carbocycles. The Hall–Kier alpha value is -2.77. The van der Waals surface area contributed by atoms with Crippen molar-refractivity contribution in [3.05, 3.63) is 91.9 Å². The Morgan fingerprint density at radius 3 is 2.12 bits per heavy atom. The summed E-state index contributed by atoms with van der Waals surface area (Å²) in [5.41, 5.74) is 3.81. The summed E-state index contributed by atoms with van der Waals surface area (Å²) in [5, 5.41) is 7.87. The molecular weight excluding hydrogens is 496 g/mol. The summed E-state index contributed by atoms with van der Waals surface area (Å²) in [6.45, 7) is 0.217. The van der Waals surface area contributed by atoms with Crippen LogP contribution in [0.2, 0.25) is 20.1 Å². The molecule has 0 aliphatic heterocycles. The van der Waals surface area contributed by atoms with Gasteiger partial charge in [0.05, 0.1) is 6.21 Å². The summed E-state index contributed by atoms with van der Waals surface area (Å²) >= 11 is 24.0. The van der Waals surface area contributed by atoms with E-state index < -0.39 is 11.8 Å². The number of nitrogens with zero attached hydrogens (tertiary/aromatic N) is 1. The monoisotopic (exact) mass is 509 g/mol. The van der Waals surface area contributed by atoms with Gasteiger partial charge >= 0.3 is 11.8 Å². The van der Waals surface area contributed by atoms with E-state index in [1.54, 1.807) is 42.5 Å². The molecule has 164 valence electrons. The van der Waals surface area contributed by atoms with Gasteiger partial charge < -0.3 is 10.1 Å². The van der Waals surface area contributed by atoms with Gasteiger partial charge in [0.15, 0.2) is 0 Å². The lowest BCUT2D eigenvalue weighted by atomic mass is 10.2. The van der Waals surface area contributed by atoms with Crippen molar-refractivity contribution in [3.63, 3.8) is 0 Å². The van der Waals surface area contributed by atoms with Crippen LogP contribution in [0.15, 0.2) is 65.8 Å². The number of nitrogens with one attached hydrogen (secondary N) is 2. The summed E-state index contributed by atoms with van der Waals surface area (Å²) in [7, 11) is 0. The van der Waals surface area contributed by atoms with E-state index in [0.29, 0.717) is 42.7 Å². The highest BCUT2D eigenvalue weighted by molar-refractivity contribution is 6.40. The molecule has 0 radical (unpaired) electrons. The molecule has 0 fully saturated rings.